The van der Waals surface area contributed by atoms with Crippen molar-refractivity contribution < 1.29 is 14.7 Å². The zero-order valence-electron chi connectivity index (χ0n) is 13.2. The molecule has 0 spiro atoms. The topological polar surface area (TPSA) is 69.6 Å². The maximum atomic E-state index is 12.3. The Hall–Kier alpha value is -1.30. The number of benzene rings is 1. The fourth-order valence-corrected chi connectivity index (χ4v) is 3.48. The van der Waals surface area contributed by atoms with Gasteiger partial charge in [0.2, 0.25) is 0 Å². The number of nitrogens with one attached hydrogen (secondary N) is 1. The van der Waals surface area contributed by atoms with Crippen molar-refractivity contribution in [2.75, 3.05) is 13.1 Å². The average molecular weight is 371 g/mol. The third-order valence-corrected chi connectivity index (χ3v) is 5.51. The first-order valence-electron chi connectivity index (χ1n) is 8.14. The molecule has 1 amide bonds. The van der Waals surface area contributed by atoms with Crippen molar-refractivity contribution in [3.05, 3.63) is 33.8 Å². The van der Waals surface area contributed by atoms with Gasteiger partial charge in [0.15, 0.2) is 0 Å². The first kappa shape index (κ1) is 17.5. The fraction of sp³-hybridized carbons (Fsp3) is 0.529. The van der Waals surface area contributed by atoms with E-state index in [1.54, 1.807) is 18.2 Å². The summed E-state index contributed by atoms with van der Waals surface area (Å²) in [4.78, 5) is 25.4. The Balaban J connectivity index is 1.52. The lowest BCUT2D eigenvalue weighted by Crippen LogP contribution is -2.55. The number of halogens is 2. The van der Waals surface area contributed by atoms with Gasteiger partial charge in [-0.15, -0.1) is 0 Å². The predicted octanol–water partition coefficient (Wildman–Crippen LogP) is 3.05. The van der Waals surface area contributed by atoms with Gasteiger partial charge < -0.3 is 10.4 Å². The van der Waals surface area contributed by atoms with Crippen LogP contribution in [0.1, 0.15) is 36.0 Å². The summed E-state index contributed by atoms with van der Waals surface area (Å²) in [5.41, 5.74) is 0.369. The van der Waals surface area contributed by atoms with E-state index in [0.717, 1.165) is 19.4 Å². The van der Waals surface area contributed by atoms with E-state index in [4.69, 9.17) is 28.3 Å². The normalized spacial score (nSPS) is 23.0. The van der Waals surface area contributed by atoms with Gasteiger partial charge in [-0.1, -0.05) is 29.3 Å². The van der Waals surface area contributed by atoms with Crippen LogP contribution >= 0.6 is 23.2 Å². The smallest absolute Gasteiger partial charge is 0.317 e. The van der Waals surface area contributed by atoms with Crippen LogP contribution in [0.5, 0.6) is 0 Å². The Bertz CT molecular complexity index is 643. The monoisotopic (exact) mass is 370 g/mol. The third-order valence-electron chi connectivity index (χ3n) is 4.69. The van der Waals surface area contributed by atoms with E-state index in [1.165, 1.54) is 12.8 Å². The van der Waals surface area contributed by atoms with Crippen LogP contribution in [0.15, 0.2) is 18.2 Å². The summed E-state index contributed by atoms with van der Waals surface area (Å²) in [5, 5.41) is 12.6. The minimum atomic E-state index is -0.797. The summed E-state index contributed by atoms with van der Waals surface area (Å²) >= 11 is 12.0. The SMILES string of the molecule is O=C(O)CN(CC1CC1)C1CC(NC(=O)c2cccc(Cl)c2Cl)C1. The first-order valence-corrected chi connectivity index (χ1v) is 8.90. The van der Waals surface area contributed by atoms with Crippen molar-refractivity contribution in [3.8, 4) is 0 Å². The zero-order valence-corrected chi connectivity index (χ0v) is 14.7. The highest BCUT2D eigenvalue weighted by atomic mass is 35.5. The highest BCUT2D eigenvalue weighted by molar-refractivity contribution is 6.43. The number of hydrogen-bond donors (Lipinski definition) is 2. The molecule has 1 aromatic carbocycles. The van der Waals surface area contributed by atoms with Crippen LogP contribution < -0.4 is 5.32 Å². The Morgan fingerprint density at radius 3 is 2.58 bits per heavy atom. The van der Waals surface area contributed by atoms with Crippen LogP contribution in [-0.2, 0) is 4.79 Å². The van der Waals surface area contributed by atoms with Crippen molar-refractivity contribution in [2.45, 2.75) is 37.8 Å². The van der Waals surface area contributed by atoms with Crippen LogP contribution in [0.25, 0.3) is 0 Å². The number of aliphatic carboxylic acids is 1. The number of rotatable bonds is 7. The van der Waals surface area contributed by atoms with E-state index >= 15 is 0 Å². The molecular weight excluding hydrogens is 351 g/mol. The molecule has 2 aliphatic rings. The van der Waals surface area contributed by atoms with Gasteiger partial charge in [0.1, 0.15) is 0 Å². The summed E-state index contributed by atoms with van der Waals surface area (Å²) in [7, 11) is 0. The number of carbonyl (C=O) groups is 2. The quantitative estimate of drug-likeness (QED) is 0.773. The van der Waals surface area contributed by atoms with Gasteiger partial charge in [-0.3, -0.25) is 14.5 Å². The fourth-order valence-electron chi connectivity index (χ4n) is 3.09. The Kier molecular flexibility index (Phi) is 5.33. The molecule has 0 unspecified atom stereocenters. The van der Waals surface area contributed by atoms with E-state index in [9.17, 15) is 9.59 Å². The molecule has 2 aliphatic carbocycles. The maximum Gasteiger partial charge on any atom is 0.317 e. The molecule has 0 saturated heterocycles. The maximum absolute atomic E-state index is 12.3. The summed E-state index contributed by atoms with van der Waals surface area (Å²) in [6.07, 6.45) is 3.92. The summed E-state index contributed by atoms with van der Waals surface area (Å²) < 4.78 is 0. The van der Waals surface area contributed by atoms with Crippen molar-refractivity contribution >= 4 is 35.1 Å². The molecule has 130 valence electrons. The molecule has 0 atom stereocenters. The van der Waals surface area contributed by atoms with Gasteiger partial charge in [0.05, 0.1) is 22.2 Å². The first-order chi connectivity index (χ1) is 11.4. The van der Waals surface area contributed by atoms with E-state index in [2.05, 4.69) is 5.32 Å². The second-order valence-corrected chi connectivity index (χ2v) is 7.45. The van der Waals surface area contributed by atoms with Gasteiger partial charge in [0, 0.05) is 18.6 Å². The minimum absolute atomic E-state index is 0.0491. The molecular formula is C17H20Cl2N2O3. The van der Waals surface area contributed by atoms with E-state index in [-0.39, 0.29) is 29.6 Å². The van der Waals surface area contributed by atoms with Gasteiger partial charge in [0.25, 0.3) is 5.91 Å². The number of nitrogens with zero attached hydrogens (tertiary/aromatic N) is 1. The van der Waals surface area contributed by atoms with E-state index < -0.39 is 5.97 Å². The summed E-state index contributed by atoms with van der Waals surface area (Å²) in [6.45, 7) is 0.916. The van der Waals surface area contributed by atoms with E-state index in [1.807, 2.05) is 4.90 Å². The molecule has 1 aromatic rings. The van der Waals surface area contributed by atoms with Crippen LogP contribution in [0.3, 0.4) is 0 Å². The highest BCUT2D eigenvalue weighted by Gasteiger charge is 2.37. The molecule has 7 heteroatoms. The molecule has 5 nitrogen and oxygen atoms in total. The van der Waals surface area contributed by atoms with Gasteiger partial charge in [-0.25, -0.2) is 0 Å². The molecule has 0 aromatic heterocycles. The zero-order chi connectivity index (χ0) is 17.3. The Morgan fingerprint density at radius 1 is 1.25 bits per heavy atom. The van der Waals surface area contributed by atoms with Crippen molar-refractivity contribution in [1.82, 2.24) is 10.2 Å². The molecule has 2 saturated carbocycles. The molecule has 0 bridgehead atoms. The molecule has 0 aliphatic heterocycles. The van der Waals surface area contributed by atoms with Crippen LogP contribution in [0.2, 0.25) is 10.0 Å². The van der Waals surface area contributed by atoms with Crippen molar-refractivity contribution in [3.63, 3.8) is 0 Å². The molecule has 0 heterocycles. The number of amides is 1. The Labute approximate surface area is 150 Å². The third kappa shape index (κ3) is 4.21. The molecule has 2 fully saturated rings. The van der Waals surface area contributed by atoms with Crippen LogP contribution in [-0.4, -0.2) is 47.1 Å². The Morgan fingerprint density at radius 2 is 1.96 bits per heavy atom. The van der Waals surface area contributed by atoms with Gasteiger partial charge in [-0.2, -0.15) is 0 Å². The average Bonchev–Trinajstić information content (AvgIpc) is 3.28. The van der Waals surface area contributed by atoms with Crippen LogP contribution in [0, 0.1) is 5.92 Å². The standard InChI is InChI=1S/C17H20Cl2N2O3/c18-14-3-1-2-13(16(14)19)17(24)20-11-6-12(7-11)21(9-15(22)23)8-10-4-5-10/h1-3,10-12H,4-9H2,(H,20,24)(H,22,23). The highest BCUT2D eigenvalue weighted by Crippen LogP contribution is 2.34. The lowest BCUT2D eigenvalue weighted by Gasteiger charge is -2.42. The van der Waals surface area contributed by atoms with Gasteiger partial charge >= 0.3 is 5.97 Å². The second-order valence-electron chi connectivity index (χ2n) is 6.66. The van der Waals surface area contributed by atoms with Gasteiger partial charge in [-0.05, 0) is 43.7 Å². The number of carboxylic acid groups (broad SMARTS) is 1. The van der Waals surface area contributed by atoms with Crippen molar-refractivity contribution in [1.29, 1.82) is 0 Å². The van der Waals surface area contributed by atoms with Crippen LogP contribution in [0.4, 0.5) is 0 Å². The molecule has 0 radical (unpaired) electrons. The lowest BCUT2D eigenvalue weighted by molar-refractivity contribution is -0.139. The largest absolute Gasteiger partial charge is 0.480 e. The predicted molar refractivity (Wildman–Crippen MR) is 92.7 cm³/mol. The minimum Gasteiger partial charge on any atom is -0.480 e. The van der Waals surface area contributed by atoms with E-state index in [0.29, 0.717) is 16.5 Å². The second kappa shape index (κ2) is 7.30. The molecule has 24 heavy (non-hydrogen) atoms. The number of carboxylic acids is 1. The van der Waals surface area contributed by atoms with Crippen molar-refractivity contribution in [2.24, 2.45) is 5.92 Å². The molecule has 2 N–H and O–H groups in total. The summed E-state index contributed by atoms with van der Waals surface area (Å²) in [6, 6.07) is 5.25. The number of hydrogen-bond acceptors (Lipinski definition) is 3. The number of carbonyl (C=O) groups excluding carboxylic acids is 1. The summed E-state index contributed by atoms with van der Waals surface area (Å²) in [5.74, 6) is -0.393. The molecule has 3 rings (SSSR count). The lowest BCUT2D eigenvalue weighted by atomic mass is 9.85.